The maximum atomic E-state index is 11.3. The van der Waals surface area contributed by atoms with E-state index in [9.17, 15) is 4.79 Å². The molecule has 6 heteroatoms. The monoisotopic (exact) mass is 366 g/mol. The van der Waals surface area contributed by atoms with E-state index in [1.54, 1.807) is 30.6 Å². The second kappa shape index (κ2) is 8.19. The number of benzene rings is 2. The second-order valence-electron chi connectivity index (χ2n) is 6.28. The number of carbonyl (C=O) groups is 1. The van der Waals surface area contributed by atoms with E-state index in [0.29, 0.717) is 6.54 Å². The van der Waals surface area contributed by atoms with Crippen LogP contribution in [0.5, 0.6) is 0 Å². The van der Waals surface area contributed by atoms with Crippen LogP contribution in [-0.4, -0.2) is 34.5 Å². The summed E-state index contributed by atoms with van der Waals surface area (Å²) in [4.78, 5) is 17.6. The van der Waals surface area contributed by atoms with Crippen molar-refractivity contribution in [2.45, 2.75) is 20.4 Å². The summed E-state index contributed by atoms with van der Waals surface area (Å²) in [6.45, 7) is 4.25. The third-order valence-corrected chi connectivity index (χ3v) is 5.01. The molecule has 1 amide bonds. The lowest BCUT2D eigenvalue weighted by atomic mass is 10.1. The van der Waals surface area contributed by atoms with Crippen LogP contribution in [0.2, 0.25) is 0 Å². The lowest BCUT2D eigenvalue weighted by Gasteiger charge is -2.17. The minimum absolute atomic E-state index is 0.0618. The van der Waals surface area contributed by atoms with Crippen LogP contribution in [0, 0.1) is 6.92 Å². The van der Waals surface area contributed by atoms with E-state index in [1.165, 1.54) is 5.56 Å². The van der Waals surface area contributed by atoms with Crippen molar-refractivity contribution in [3.05, 3.63) is 65.2 Å². The molecule has 0 aromatic heterocycles. The van der Waals surface area contributed by atoms with Gasteiger partial charge in [0.15, 0.2) is 5.17 Å². The topological polar surface area (TPSA) is 57.1 Å². The van der Waals surface area contributed by atoms with Gasteiger partial charge in [-0.15, -0.1) is 0 Å². The number of thioether (sulfide) groups is 1. The largest absolute Gasteiger partial charge is 0.342 e. The highest BCUT2D eigenvalue weighted by molar-refractivity contribution is 8.14. The van der Waals surface area contributed by atoms with Crippen LogP contribution in [0.15, 0.2) is 58.6 Å². The molecule has 1 aliphatic rings. The first kappa shape index (κ1) is 18.2. The molecule has 134 valence electrons. The van der Waals surface area contributed by atoms with Crippen molar-refractivity contribution in [1.29, 1.82) is 0 Å². The zero-order chi connectivity index (χ0) is 18.5. The van der Waals surface area contributed by atoms with E-state index in [-0.39, 0.29) is 5.91 Å². The summed E-state index contributed by atoms with van der Waals surface area (Å²) in [7, 11) is 1.80. The van der Waals surface area contributed by atoms with Crippen LogP contribution in [0.3, 0.4) is 0 Å². The smallest absolute Gasteiger partial charge is 0.219 e. The molecule has 0 spiro atoms. The molecule has 1 heterocycles. The molecule has 3 rings (SSSR count). The molecule has 26 heavy (non-hydrogen) atoms. The van der Waals surface area contributed by atoms with Gasteiger partial charge in [0.2, 0.25) is 5.91 Å². The van der Waals surface area contributed by atoms with Crippen LogP contribution in [0.25, 0.3) is 0 Å². The quantitative estimate of drug-likeness (QED) is 0.898. The number of aryl methyl sites for hydroxylation is 1. The van der Waals surface area contributed by atoms with Crippen molar-refractivity contribution in [2.75, 3.05) is 12.8 Å². The van der Waals surface area contributed by atoms with Gasteiger partial charge in [-0.25, -0.2) is 4.99 Å². The number of nitrogens with zero attached hydrogens (tertiary/aromatic N) is 3. The van der Waals surface area contributed by atoms with Crippen molar-refractivity contribution in [3.63, 3.8) is 0 Å². The summed E-state index contributed by atoms with van der Waals surface area (Å²) < 4.78 is 0. The average Bonchev–Trinajstić information content (AvgIpc) is 2.65. The van der Waals surface area contributed by atoms with Crippen LogP contribution in [0.1, 0.15) is 23.6 Å². The van der Waals surface area contributed by atoms with Gasteiger partial charge in [0.1, 0.15) is 0 Å². The van der Waals surface area contributed by atoms with Gasteiger partial charge in [0.05, 0.1) is 11.4 Å². The van der Waals surface area contributed by atoms with Crippen molar-refractivity contribution in [2.24, 2.45) is 10.1 Å². The van der Waals surface area contributed by atoms with Crippen LogP contribution < -0.4 is 5.43 Å². The van der Waals surface area contributed by atoms with Gasteiger partial charge in [-0.3, -0.25) is 10.2 Å². The Balaban J connectivity index is 1.65. The Morgan fingerprint density at radius 2 is 1.88 bits per heavy atom. The Hall–Kier alpha value is -2.60. The van der Waals surface area contributed by atoms with E-state index < -0.39 is 0 Å². The third kappa shape index (κ3) is 4.73. The number of hydrogen-bond acceptors (Lipinski definition) is 4. The minimum Gasteiger partial charge on any atom is -0.342 e. The number of amidine groups is 1. The molecular weight excluding hydrogens is 344 g/mol. The lowest BCUT2D eigenvalue weighted by Crippen LogP contribution is -2.25. The summed E-state index contributed by atoms with van der Waals surface area (Å²) in [6, 6.07) is 16.3. The highest BCUT2D eigenvalue weighted by Crippen LogP contribution is 2.19. The zero-order valence-electron chi connectivity index (χ0n) is 15.2. The van der Waals surface area contributed by atoms with Crippen LogP contribution in [-0.2, 0) is 11.3 Å². The highest BCUT2D eigenvalue weighted by Gasteiger charge is 2.13. The summed E-state index contributed by atoms with van der Waals surface area (Å²) >= 11 is 1.64. The number of nitrogens with one attached hydrogen (secondary N) is 1. The number of hydrogen-bond donors (Lipinski definition) is 1. The molecule has 0 unspecified atom stereocenters. The Kier molecular flexibility index (Phi) is 5.73. The van der Waals surface area contributed by atoms with E-state index in [2.05, 4.69) is 22.4 Å². The molecule has 0 bridgehead atoms. The molecule has 0 saturated heterocycles. The van der Waals surface area contributed by atoms with Gasteiger partial charge in [0, 0.05) is 26.3 Å². The molecule has 5 nitrogen and oxygen atoms in total. The fourth-order valence-electron chi connectivity index (χ4n) is 2.45. The third-order valence-electron chi connectivity index (χ3n) is 4.14. The molecule has 2 aromatic carbocycles. The van der Waals surface area contributed by atoms with E-state index >= 15 is 0 Å². The maximum Gasteiger partial charge on any atom is 0.219 e. The Morgan fingerprint density at radius 1 is 1.19 bits per heavy atom. The summed E-state index contributed by atoms with van der Waals surface area (Å²) in [6.07, 6.45) is 0. The predicted molar refractivity (Wildman–Crippen MR) is 109 cm³/mol. The minimum atomic E-state index is 0.0618. The van der Waals surface area contributed by atoms with Gasteiger partial charge in [-0.1, -0.05) is 53.7 Å². The SMILES string of the molecule is CC(=O)N(C)Cc1ccc(C2=NNC(=Nc3ccc(C)cc3)SC2)cc1. The molecule has 0 aliphatic carbocycles. The van der Waals surface area contributed by atoms with E-state index in [0.717, 1.165) is 33.4 Å². The van der Waals surface area contributed by atoms with Gasteiger partial charge in [-0.05, 0) is 30.2 Å². The molecule has 1 N–H and O–H groups in total. The lowest BCUT2D eigenvalue weighted by molar-refractivity contribution is -0.128. The van der Waals surface area contributed by atoms with Crippen LogP contribution >= 0.6 is 11.8 Å². The first-order chi connectivity index (χ1) is 12.5. The number of carbonyl (C=O) groups excluding carboxylic acids is 1. The maximum absolute atomic E-state index is 11.3. The highest BCUT2D eigenvalue weighted by atomic mass is 32.2. The summed E-state index contributed by atoms with van der Waals surface area (Å²) in [5.41, 5.74) is 8.35. The number of aliphatic imine (C=N–C) groups is 1. The number of amides is 1. The predicted octanol–water partition coefficient (Wildman–Crippen LogP) is 3.70. The van der Waals surface area contributed by atoms with E-state index in [4.69, 9.17) is 0 Å². The number of rotatable bonds is 4. The normalized spacial score (nSPS) is 15.3. The standard InChI is InChI=1S/C20H22N4OS/c1-14-4-10-18(11-5-14)21-20-23-22-19(13-26-20)17-8-6-16(7-9-17)12-24(3)15(2)25/h4-11H,12-13H2,1-3H3,(H,21,23). The Bertz CT molecular complexity index is 841. The van der Waals surface area contributed by atoms with Crippen molar-refractivity contribution in [1.82, 2.24) is 10.3 Å². The van der Waals surface area contributed by atoms with Crippen molar-refractivity contribution in [3.8, 4) is 0 Å². The summed E-state index contributed by atoms with van der Waals surface area (Å²) in [5.74, 6) is 0.830. The van der Waals surface area contributed by atoms with Gasteiger partial charge in [-0.2, -0.15) is 5.10 Å². The Morgan fingerprint density at radius 3 is 2.46 bits per heavy atom. The summed E-state index contributed by atoms with van der Waals surface area (Å²) in [5, 5.41) is 5.27. The molecule has 0 saturated carbocycles. The van der Waals surface area contributed by atoms with E-state index in [1.807, 2.05) is 48.5 Å². The first-order valence-corrected chi connectivity index (χ1v) is 9.41. The average molecular weight is 366 g/mol. The molecule has 0 radical (unpaired) electrons. The zero-order valence-corrected chi connectivity index (χ0v) is 16.0. The Labute approximate surface area is 158 Å². The second-order valence-corrected chi connectivity index (χ2v) is 7.25. The molecule has 0 fully saturated rings. The van der Waals surface area contributed by atoms with Crippen molar-refractivity contribution >= 4 is 34.2 Å². The first-order valence-electron chi connectivity index (χ1n) is 8.43. The van der Waals surface area contributed by atoms with Crippen molar-refractivity contribution < 1.29 is 4.79 Å². The van der Waals surface area contributed by atoms with Gasteiger partial charge >= 0.3 is 0 Å². The fourth-order valence-corrected chi connectivity index (χ4v) is 3.23. The molecule has 1 aliphatic heterocycles. The molecule has 2 aromatic rings. The molecular formula is C20H22N4OS. The van der Waals surface area contributed by atoms with Gasteiger partial charge in [0.25, 0.3) is 0 Å². The fraction of sp³-hybridized carbons (Fsp3) is 0.250. The molecule has 0 atom stereocenters. The number of hydrazone groups is 1. The van der Waals surface area contributed by atoms with Crippen LogP contribution in [0.4, 0.5) is 5.69 Å². The van der Waals surface area contributed by atoms with Gasteiger partial charge < -0.3 is 4.90 Å².